The standard InChI is InChI=1S/C13H14N2O3/c14-8-11(15-3-5-16-6-4-15)10-1-2-12-13(7-10)18-9-17-12/h1-2,7,11H,3-6,9H2. The first-order valence-corrected chi connectivity index (χ1v) is 5.99. The van der Waals surface area contributed by atoms with Gasteiger partial charge in [0.2, 0.25) is 6.79 Å². The van der Waals surface area contributed by atoms with E-state index in [1.807, 2.05) is 18.2 Å². The van der Waals surface area contributed by atoms with Crippen molar-refractivity contribution in [1.29, 1.82) is 5.26 Å². The van der Waals surface area contributed by atoms with Crippen molar-refractivity contribution in [2.75, 3.05) is 33.1 Å². The fourth-order valence-electron chi connectivity index (χ4n) is 2.29. The molecule has 0 aromatic heterocycles. The third kappa shape index (κ3) is 2.01. The molecule has 2 heterocycles. The molecule has 1 aromatic carbocycles. The summed E-state index contributed by atoms with van der Waals surface area (Å²) in [6.45, 7) is 3.19. The maximum atomic E-state index is 9.38. The first-order chi connectivity index (χ1) is 8.88. The lowest BCUT2D eigenvalue weighted by atomic mass is 10.1. The summed E-state index contributed by atoms with van der Waals surface area (Å²) in [5.74, 6) is 1.47. The lowest BCUT2D eigenvalue weighted by Crippen LogP contribution is -2.38. The van der Waals surface area contributed by atoms with Gasteiger partial charge in [-0.05, 0) is 17.7 Å². The zero-order valence-corrected chi connectivity index (χ0v) is 9.96. The normalized spacial score (nSPS) is 20.4. The second kappa shape index (κ2) is 4.84. The van der Waals surface area contributed by atoms with E-state index in [9.17, 15) is 5.26 Å². The number of rotatable bonds is 2. The van der Waals surface area contributed by atoms with Gasteiger partial charge in [0.25, 0.3) is 0 Å². The van der Waals surface area contributed by atoms with Crippen LogP contribution in [0, 0.1) is 11.3 Å². The molecule has 1 atom stereocenters. The Morgan fingerprint density at radius 3 is 2.72 bits per heavy atom. The fraction of sp³-hybridized carbons (Fsp3) is 0.462. The van der Waals surface area contributed by atoms with Crippen LogP contribution in [0.3, 0.4) is 0 Å². The maximum absolute atomic E-state index is 9.38. The van der Waals surface area contributed by atoms with Gasteiger partial charge in [-0.25, -0.2) is 0 Å². The van der Waals surface area contributed by atoms with Gasteiger partial charge in [-0.1, -0.05) is 6.07 Å². The minimum absolute atomic E-state index is 0.247. The van der Waals surface area contributed by atoms with Gasteiger partial charge >= 0.3 is 0 Å². The van der Waals surface area contributed by atoms with Gasteiger partial charge in [-0.2, -0.15) is 5.26 Å². The summed E-state index contributed by atoms with van der Waals surface area (Å²) in [5, 5.41) is 9.38. The molecule has 3 rings (SSSR count). The van der Waals surface area contributed by atoms with E-state index in [1.54, 1.807) is 0 Å². The van der Waals surface area contributed by atoms with Crippen LogP contribution in [0.2, 0.25) is 0 Å². The van der Waals surface area contributed by atoms with Crippen molar-refractivity contribution in [2.24, 2.45) is 0 Å². The molecular formula is C13H14N2O3. The van der Waals surface area contributed by atoms with Crippen LogP contribution < -0.4 is 9.47 Å². The number of ether oxygens (including phenoxy) is 3. The molecule has 1 unspecified atom stereocenters. The average Bonchev–Trinajstić information content (AvgIpc) is 2.88. The summed E-state index contributed by atoms with van der Waals surface area (Å²) in [6, 6.07) is 7.79. The van der Waals surface area contributed by atoms with Crippen LogP contribution in [0.4, 0.5) is 0 Å². The lowest BCUT2D eigenvalue weighted by Gasteiger charge is -2.30. The second-order valence-electron chi connectivity index (χ2n) is 4.29. The molecule has 2 aliphatic heterocycles. The second-order valence-corrected chi connectivity index (χ2v) is 4.29. The largest absolute Gasteiger partial charge is 0.454 e. The summed E-state index contributed by atoms with van der Waals surface area (Å²) < 4.78 is 15.9. The van der Waals surface area contributed by atoms with Crippen molar-refractivity contribution in [1.82, 2.24) is 4.90 Å². The van der Waals surface area contributed by atoms with Crippen molar-refractivity contribution in [2.45, 2.75) is 6.04 Å². The van der Waals surface area contributed by atoms with Crippen molar-refractivity contribution in [3.05, 3.63) is 23.8 Å². The van der Waals surface area contributed by atoms with E-state index in [-0.39, 0.29) is 12.8 Å². The van der Waals surface area contributed by atoms with E-state index < -0.39 is 0 Å². The highest BCUT2D eigenvalue weighted by molar-refractivity contribution is 5.46. The van der Waals surface area contributed by atoms with Crippen molar-refractivity contribution < 1.29 is 14.2 Å². The first-order valence-electron chi connectivity index (χ1n) is 5.99. The number of nitriles is 1. The van der Waals surface area contributed by atoms with Crippen molar-refractivity contribution in [3.63, 3.8) is 0 Å². The van der Waals surface area contributed by atoms with Gasteiger partial charge in [0, 0.05) is 13.1 Å². The van der Waals surface area contributed by atoms with Gasteiger partial charge in [-0.15, -0.1) is 0 Å². The van der Waals surface area contributed by atoms with E-state index in [4.69, 9.17) is 14.2 Å². The van der Waals surface area contributed by atoms with E-state index in [0.29, 0.717) is 13.2 Å². The molecule has 1 fully saturated rings. The molecular weight excluding hydrogens is 232 g/mol. The minimum atomic E-state index is -0.247. The number of morpholine rings is 1. The molecule has 18 heavy (non-hydrogen) atoms. The van der Waals surface area contributed by atoms with Crippen LogP contribution in [0.5, 0.6) is 11.5 Å². The van der Waals surface area contributed by atoms with Gasteiger partial charge in [0.05, 0.1) is 19.3 Å². The Morgan fingerprint density at radius 1 is 1.17 bits per heavy atom. The van der Waals surface area contributed by atoms with E-state index >= 15 is 0 Å². The molecule has 0 amide bonds. The van der Waals surface area contributed by atoms with Crippen molar-refractivity contribution >= 4 is 0 Å². The zero-order valence-electron chi connectivity index (χ0n) is 9.96. The van der Waals surface area contributed by atoms with Gasteiger partial charge in [0.1, 0.15) is 6.04 Å². The predicted molar refractivity (Wildman–Crippen MR) is 63.3 cm³/mol. The third-order valence-corrected chi connectivity index (χ3v) is 3.25. The Bertz CT molecular complexity index is 478. The smallest absolute Gasteiger partial charge is 0.231 e. The molecule has 1 saturated heterocycles. The highest BCUT2D eigenvalue weighted by Gasteiger charge is 2.24. The summed E-state index contributed by atoms with van der Waals surface area (Å²) in [5.41, 5.74) is 0.948. The number of benzene rings is 1. The Balaban J connectivity index is 1.85. The van der Waals surface area contributed by atoms with E-state index in [0.717, 1.165) is 30.2 Å². The van der Waals surface area contributed by atoms with E-state index in [1.165, 1.54) is 0 Å². The Labute approximate surface area is 105 Å². The van der Waals surface area contributed by atoms with Gasteiger partial charge < -0.3 is 14.2 Å². The quantitative estimate of drug-likeness (QED) is 0.787. The number of nitrogens with zero attached hydrogens (tertiary/aromatic N) is 2. The highest BCUT2D eigenvalue weighted by atomic mass is 16.7. The van der Waals surface area contributed by atoms with Crippen LogP contribution in [0.1, 0.15) is 11.6 Å². The molecule has 0 N–H and O–H groups in total. The van der Waals surface area contributed by atoms with Crippen LogP contribution in [-0.2, 0) is 4.74 Å². The predicted octanol–water partition coefficient (Wildman–Crippen LogP) is 1.31. The molecule has 94 valence electrons. The van der Waals surface area contributed by atoms with Crippen LogP contribution in [0.25, 0.3) is 0 Å². The summed E-state index contributed by atoms with van der Waals surface area (Å²) in [6.07, 6.45) is 0. The molecule has 0 aliphatic carbocycles. The molecule has 0 radical (unpaired) electrons. The third-order valence-electron chi connectivity index (χ3n) is 3.25. The van der Waals surface area contributed by atoms with Gasteiger partial charge in [-0.3, -0.25) is 4.90 Å². The summed E-state index contributed by atoms with van der Waals surface area (Å²) in [7, 11) is 0. The van der Waals surface area contributed by atoms with Crippen LogP contribution in [0.15, 0.2) is 18.2 Å². The average molecular weight is 246 g/mol. The maximum Gasteiger partial charge on any atom is 0.231 e. The monoisotopic (exact) mass is 246 g/mol. The molecule has 5 heteroatoms. The van der Waals surface area contributed by atoms with Gasteiger partial charge in [0.15, 0.2) is 11.5 Å². The summed E-state index contributed by atoms with van der Waals surface area (Å²) in [4.78, 5) is 2.13. The zero-order chi connectivity index (χ0) is 12.4. The highest BCUT2D eigenvalue weighted by Crippen LogP contribution is 2.35. The fourth-order valence-corrected chi connectivity index (χ4v) is 2.29. The minimum Gasteiger partial charge on any atom is -0.454 e. The SMILES string of the molecule is N#CC(c1ccc2c(c1)OCO2)N1CCOCC1. The molecule has 1 aromatic rings. The molecule has 2 aliphatic rings. The molecule has 0 saturated carbocycles. The lowest BCUT2D eigenvalue weighted by molar-refractivity contribution is 0.0266. The molecule has 0 bridgehead atoms. The van der Waals surface area contributed by atoms with Crippen molar-refractivity contribution in [3.8, 4) is 17.6 Å². The topological polar surface area (TPSA) is 54.7 Å². The van der Waals surface area contributed by atoms with Crippen LogP contribution in [-0.4, -0.2) is 38.0 Å². The number of hydrogen-bond acceptors (Lipinski definition) is 5. The van der Waals surface area contributed by atoms with E-state index in [2.05, 4.69) is 11.0 Å². The Hall–Kier alpha value is -1.77. The number of hydrogen-bond donors (Lipinski definition) is 0. The van der Waals surface area contributed by atoms with Crippen LogP contribution >= 0.6 is 0 Å². The molecule has 5 nitrogen and oxygen atoms in total. The Morgan fingerprint density at radius 2 is 1.94 bits per heavy atom. The number of fused-ring (bicyclic) bond motifs is 1. The first kappa shape index (κ1) is 11.3. The summed E-state index contributed by atoms with van der Waals surface area (Å²) >= 11 is 0. The molecule has 0 spiro atoms. The Kier molecular flexibility index (Phi) is 3.05.